The summed E-state index contributed by atoms with van der Waals surface area (Å²) in [6, 6.07) is 2.07. The van der Waals surface area contributed by atoms with Gasteiger partial charge in [-0.15, -0.1) is 0 Å². The number of nitrogens with zero attached hydrogens (tertiary/aromatic N) is 5. The van der Waals surface area contributed by atoms with Crippen molar-refractivity contribution < 1.29 is 4.74 Å². The maximum atomic E-state index is 6.30. The molecule has 0 bridgehead atoms. The molecular formula is C15H13BrClN5O. The van der Waals surface area contributed by atoms with Gasteiger partial charge >= 0.3 is 0 Å². The molecule has 0 saturated carbocycles. The number of halogens is 2. The van der Waals surface area contributed by atoms with E-state index in [-0.39, 0.29) is 6.04 Å². The fraction of sp³-hybridized carbons (Fsp3) is 0.333. The van der Waals surface area contributed by atoms with Crippen molar-refractivity contribution in [2.75, 3.05) is 13.2 Å². The SMILES string of the molecule is Cc1nc(Cl)c2nc(-c3cnccc3Br)n([C@H]3CCOC3)c2n1. The lowest BCUT2D eigenvalue weighted by Gasteiger charge is -2.15. The van der Waals surface area contributed by atoms with E-state index in [1.165, 1.54) is 0 Å². The number of fused-ring (bicyclic) bond motifs is 1. The smallest absolute Gasteiger partial charge is 0.165 e. The largest absolute Gasteiger partial charge is 0.379 e. The van der Waals surface area contributed by atoms with Gasteiger partial charge in [0.25, 0.3) is 0 Å². The standard InChI is InChI=1S/C15H13BrClN5O/c1-8-19-13(17)12-15(20-8)22(9-3-5-23-7-9)14(21-12)10-6-18-4-2-11(10)16/h2,4,6,9H,3,5,7H2,1H3/t9-/m0/s1. The van der Waals surface area contributed by atoms with E-state index in [9.17, 15) is 0 Å². The van der Waals surface area contributed by atoms with E-state index in [0.29, 0.717) is 23.1 Å². The molecule has 0 aliphatic carbocycles. The minimum absolute atomic E-state index is 0.174. The van der Waals surface area contributed by atoms with Crippen LogP contribution in [0.1, 0.15) is 18.3 Å². The molecule has 1 aliphatic heterocycles. The molecule has 23 heavy (non-hydrogen) atoms. The van der Waals surface area contributed by atoms with E-state index in [0.717, 1.165) is 34.5 Å². The van der Waals surface area contributed by atoms with Gasteiger partial charge in [-0.05, 0) is 35.3 Å². The van der Waals surface area contributed by atoms with Crippen LogP contribution in [0.2, 0.25) is 5.15 Å². The summed E-state index contributed by atoms with van der Waals surface area (Å²) in [5, 5.41) is 0.367. The first-order chi connectivity index (χ1) is 11.1. The van der Waals surface area contributed by atoms with E-state index < -0.39 is 0 Å². The monoisotopic (exact) mass is 393 g/mol. The Morgan fingerprint density at radius 1 is 1.35 bits per heavy atom. The highest BCUT2D eigenvalue weighted by atomic mass is 79.9. The van der Waals surface area contributed by atoms with Crippen LogP contribution in [0.5, 0.6) is 0 Å². The Kier molecular flexibility index (Phi) is 3.79. The summed E-state index contributed by atoms with van der Waals surface area (Å²) in [7, 11) is 0. The van der Waals surface area contributed by atoms with Gasteiger partial charge in [-0.25, -0.2) is 15.0 Å². The number of rotatable bonds is 2. The van der Waals surface area contributed by atoms with Gasteiger partial charge in [-0.2, -0.15) is 0 Å². The van der Waals surface area contributed by atoms with Crippen molar-refractivity contribution in [1.29, 1.82) is 0 Å². The Morgan fingerprint density at radius 2 is 2.22 bits per heavy atom. The summed E-state index contributed by atoms with van der Waals surface area (Å²) < 4.78 is 8.58. The van der Waals surface area contributed by atoms with Crippen LogP contribution in [0.3, 0.4) is 0 Å². The molecule has 1 atom stereocenters. The lowest BCUT2D eigenvalue weighted by molar-refractivity contribution is 0.187. The number of hydrogen-bond acceptors (Lipinski definition) is 5. The molecule has 1 aliphatic rings. The highest BCUT2D eigenvalue weighted by molar-refractivity contribution is 9.10. The van der Waals surface area contributed by atoms with Gasteiger partial charge in [0, 0.05) is 23.5 Å². The second-order valence-corrected chi connectivity index (χ2v) is 6.62. The Morgan fingerprint density at radius 3 is 2.96 bits per heavy atom. The third-order valence-corrected chi connectivity index (χ3v) is 4.84. The van der Waals surface area contributed by atoms with Crippen LogP contribution in [-0.4, -0.2) is 37.7 Å². The van der Waals surface area contributed by atoms with Gasteiger partial charge in [0.05, 0.1) is 18.2 Å². The van der Waals surface area contributed by atoms with E-state index in [4.69, 9.17) is 21.3 Å². The van der Waals surface area contributed by atoms with Gasteiger partial charge < -0.3 is 9.30 Å². The molecule has 0 unspecified atom stereocenters. The molecule has 0 radical (unpaired) electrons. The third-order valence-electron chi connectivity index (χ3n) is 3.89. The molecule has 1 saturated heterocycles. The molecular weight excluding hydrogens is 382 g/mol. The zero-order valence-corrected chi connectivity index (χ0v) is 14.7. The zero-order chi connectivity index (χ0) is 16.0. The summed E-state index contributed by atoms with van der Waals surface area (Å²) >= 11 is 9.87. The lowest BCUT2D eigenvalue weighted by Crippen LogP contribution is -2.11. The molecule has 0 spiro atoms. The Labute approximate surface area is 146 Å². The van der Waals surface area contributed by atoms with Crippen LogP contribution in [-0.2, 0) is 4.74 Å². The van der Waals surface area contributed by atoms with Crippen molar-refractivity contribution in [3.8, 4) is 11.4 Å². The Balaban J connectivity index is 2.05. The lowest BCUT2D eigenvalue weighted by atomic mass is 10.2. The van der Waals surface area contributed by atoms with Gasteiger partial charge in [0.1, 0.15) is 17.2 Å². The van der Waals surface area contributed by atoms with Crippen molar-refractivity contribution in [3.63, 3.8) is 0 Å². The van der Waals surface area contributed by atoms with Crippen LogP contribution in [0, 0.1) is 6.92 Å². The number of pyridine rings is 1. The molecule has 4 rings (SSSR count). The minimum atomic E-state index is 0.174. The summed E-state index contributed by atoms with van der Waals surface area (Å²) in [5.41, 5.74) is 2.24. The first kappa shape index (κ1) is 15.0. The van der Waals surface area contributed by atoms with Crippen molar-refractivity contribution in [2.45, 2.75) is 19.4 Å². The third kappa shape index (κ3) is 2.52. The average Bonchev–Trinajstić information content (AvgIpc) is 3.14. The summed E-state index contributed by atoms with van der Waals surface area (Å²) in [6.07, 6.45) is 4.43. The number of aromatic nitrogens is 5. The Hall–Kier alpha value is -1.57. The number of imidazole rings is 1. The van der Waals surface area contributed by atoms with Crippen molar-refractivity contribution in [1.82, 2.24) is 24.5 Å². The molecule has 8 heteroatoms. The predicted octanol–water partition coefficient (Wildman–Crippen LogP) is 3.57. The summed E-state index contributed by atoms with van der Waals surface area (Å²) in [4.78, 5) is 17.7. The predicted molar refractivity (Wildman–Crippen MR) is 90.5 cm³/mol. The summed E-state index contributed by atoms with van der Waals surface area (Å²) in [5.74, 6) is 1.40. The molecule has 0 N–H and O–H groups in total. The fourth-order valence-electron chi connectivity index (χ4n) is 2.85. The highest BCUT2D eigenvalue weighted by Crippen LogP contribution is 2.35. The fourth-order valence-corrected chi connectivity index (χ4v) is 3.49. The molecule has 3 aromatic rings. The quantitative estimate of drug-likeness (QED) is 0.622. The molecule has 6 nitrogen and oxygen atoms in total. The van der Waals surface area contributed by atoms with E-state index in [1.54, 1.807) is 12.4 Å². The topological polar surface area (TPSA) is 65.7 Å². The molecule has 0 aromatic carbocycles. The van der Waals surface area contributed by atoms with Crippen LogP contribution in [0.4, 0.5) is 0 Å². The van der Waals surface area contributed by atoms with Crippen LogP contribution in [0.15, 0.2) is 22.9 Å². The summed E-state index contributed by atoms with van der Waals surface area (Å²) in [6.45, 7) is 3.19. The first-order valence-corrected chi connectivity index (χ1v) is 8.42. The normalized spacial score (nSPS) is 18.0. The molecule has 1 fully saturated rings. The molecule has 4 heterocycles. The highest BCUT2D eigenvalue weighted by Gasteiger charge is 2.27. The zero-order valence-electron chi connectivity index (χ0n) is 12.3. The van der Waals surface area contributed by atoms with Crippen molar-refractivity contribution in [2.24, 2.45) is 0 Å². The Bertz CT molecular complexity index is 891. The molecule has 0 amide bonds. The van der Waals surface area contributed by atoms with Gasteiger partial charge in [0.15, 0.2) is 10.8 Å². The number of ether oxygens (including phenoxy) is 1. The van der Waals surface area contributed by atoms with Gasteiger partial charge in [-0.1, -0.05) is 11.6 Å². The maximum absolute atomic E-state index is 6.30. The number of aryl methyl sites for hydroxylation is 1. The maximum Gasteiger partial charge on any atom is 0.165 e. The van der Waals surface area contributed by atoms with Crippen LogP contribution < -0.4 is 0 Å². The van der Waals surface area contributed by atoms with E-state index in [1.807, 2.05) is 13.0 Å². The minimum Gasteiger partial charge on any atom is -0.379 e. The molecule has 118 valence electrons. The van der Waals surface area contributed by atoms with Crippen molar-refractivity contribution in [3.05, 3.63) is 33.9 Å². The van der Waals surface area contributed by atoms with Crippen LogP contribution >= 0.6 is 27.5 Å². The number of hydrogen-bond donors (Lipinski definition) is 0. The van der Waals surface area contributed by atoms with E-state index >= 15 is 0 Å². The van der Waals surface area contributed by atoms with Gasteiger partial charge in [0.2, 0.25) is 0 Å². The second-order valence-electron chi connectivity index (χ2n) is 5.41. The second kappa shape index (κ2) is 5.81. The van der Waals surface area contributed by atoms with Crippen LogP contribution in [0.25, 0.3) is 22.6 Å². The first-order valence-electron chi connectivity index (χ1n) is 7.25. The van der Waals surface area contributed by atoms with Gasteiger partial charge in [-0.3, -0.25) is 4.98 Å². The average molecular weight is 395 g/mol. The van der Waals surface area contributed by atoms with E-state index in [2.05, 4.69) is 35.4 Å². The van der Waals surface area contributed by atoms with Crippen molar-refractivity contribution >= 4 is 38.7 Å². The molecule has 3 aromatic heterocycles.